The highest BCUT2D eigenvalue weighted by Crippen LogP contribution is 2.27. The molecule has 0 radical (unpaired) electrons. The lowest BCUT2D eigenvalue weighted by Gasteiger charge is -2.11. The summed E-state index contributed by atoms with van der Waals surface area (Å²) in [4.78, 5) is 15.0. The molecular formula is C13H14N2O. The first kappa shape index (κ1) is 9.46. The molecule has 0 saturated heterocycles. The van der Waals surface area contributed by atoms with Gasteiger partial charge in [-0.3, -0.25) is 4.79 Å². The third kappa shape index (κ3) is 1.18. The van der Waals surface area contributed by atoms with Crippen molar-refractivity contribution in [3.63, 3.8) is 0 Å². The average molecular weight is 214 g/mol. The van der Waals surface area contributed by atoms with Gasteiger partial charge >= 0.3 is 0 Å². The van der Waals surface area contributed by atoms with E-state index in [1.165, 1.54) is 16.5 Å². The zero-order chi connectivity index (χ0) is 11.1. The Morgan fingerprint density at radius 1 is 1.38 bits per heavy atom. The van der Waals surface area contributed by atoms with Crippen LogP contribution in [0.15, 0.2) is 18.2 Å². The minimum absolute atomic E-state index is 0.0273. The Morgan fingerprint density at radius 3 is 3.06 bits per heavy atom. The summed E-state index contributed by atoms with van der Waals surface area (Å²) in [6.45, 7) is 2.88. The van der Waals surface area contributed by atoms with Gasteiger partial charge in [-0.1, -0.05) is 25.1 Å². The number of hydrogen-bond acceptors (Lipinski definition) is 1. The number of rotatable bonds is 1. The number of hydrogen-bond donors (Lipinski definition) is 2. The molecule has 0 atom stereocenters. The molecule has 0 bridgehead atoms. The summed E-state index contributed by atoms with van der Waals surface area (Å²) in [5, 5.41) is 4.08. The highest BCUT2D eigenvalue weighted by Gasteiger charge is 2.21. The molecule has 3 rings (SSSR count). The molecule has 1 aromatic heterocycles. The second-order valence-electron chi connectivity index (χ2n) is 4.18. The van der Waals surface area contributed by atoms with E-state index in [2.05, 4.69) is 35.4 Å². The number of fused-ring (bicyclic) bond motifs is 3. The van der Waals surface area contributed by atoms with E-state index in [1.807, 2.05) is 0 Å². The van der Waals surface area contributed by atoms with Crippen LogP contribution < -0.4 is 5.32 Å². The standard InChI is InChI=1S/C13H14N2O/c1-2-8-4-3-5-9-10-6-7-14-13(16)12(10)15-11(8)9/h3-5,15H,2,6-7H2,1H3,(H,14,16). The molecule has 1 aliphatic rings. The Hall–Kier alpha value is -1.77. The van der Waals surface area contributed by atoms with E-state index in [1.54, 1.807) is 0 Å². The summed E-state index contributed by atoms with van der Waals surface area (Å²) in [6.07, 6.45) is 1.91. The Labute approximate surface area is 93.9 Å². The summed E-state index contributed by atoms with van der Waals surface area (Å²) in [5.74, 6) is 0.0273. The minimum Gasteiger partial charge on any atom is -0.350 e. The van der Waals surface area contributed by atoms with Crippen molar-refractivity contribution in [2.75, 3.05) is 6.54 Å². The maximum atomic E-state index is 11.7. The lowest BCUT2D eigenvalue weighted by atomic mass is 10.0. The maximum Gasteiger partial charge on any atom is 0.268 e. The van der Waals surface area contributed by atoms with Crippen molar-refractivity contribution in [1.82, 2.24) is 10.3 Å². The number of nitrogens with one attached hydrogen (secondary N) is 2. The van der Waals surface area contributed by atoms with Crippen LogP contribution >= 0.6 is 0 Å². The lowest BCUT2D eigenvalue weighted by Crippen LogP contribution is -2.31. The molecule has 2 heterocycles. The zero-order valence-corrected chi connectivity index (χ0v) is 9.26. The first-order valence-corrected chi connectivity index (χ1v) is 5.72. The molecule has 0 spiro atoms. The van der Waals surface area contributed by atoms with E-state index >= 15 is 0 Å². The van der Waals surface area contributed by atoms with E-state index < -0.39 is 0 Å². The summed E-state index contributed by atoms with van der Waals surface area (Å²) >= 11 is 0. The van der Waals surface area contributed by atoms with Crippen LogP contribution in [0.25, 0.3) is 10.9 Å². The molecular weight excluding hydrogens is 200 g/mol. The van der Waals surface area contributed by atoms with Gasteiger partial charge < -0.3 is 10.3 Å². The van der Waals surface area contributed by atoms with Crippen LogP contribution in [0.2, 0.25) is 0 Å². The van der Waals surface area contributed by atoms with Gasteiger partial charge in [0.2, 0.25) is 0 Å². The van der Waals surface area contributed by atoms with Crippen LogP contribution in [-0.2, 0) is 12.8 Å². The van der Waals surface area contributed by atoms with Gasteiger partial charge in [-0.2, -0.15) is 0 Å². The molecule has 82 valence electrons. The largest absolute Gasteiger partial charge is 0.350 e. The van der Waals surface area contributed by atoms with Gasteiger partial charge in [-0.05, 0) is 24.0 Å². The number of amides is 1. The molecule has 0 unspecified atom stereocenters. The average Bonchev–Trinajstić information content (AvgIpc) is 2.69. The second kappa shape index (κ2) is 3.37. The molecule has 0 fully saturated rings. The number of aromatic amines is 1. The monoisotopic (exact) mass is 214 g/mol. The van der Waals surface area contributed by atoms with E-state index in [-0.39, 0.29) is 5.91 Å². The van der Waals surface area contributed by atoms with Crippen molar-refractivity contribution in [3.8, 4) is 0 Å². The summed E-state index contributed by atoms with van der Waals surface area (Å²) in [6, 6.07) is 6.28. The second-order valence-corrected chi connectivity index (χ2v) is 4.18. The van der Waals surface area contributed by atoms with Gasteiger partial charge in [0.1, 0.15) is 5.69 Å². The summed E-state index contributed by atoms with van der Waals surface area (Å²) in [5.41, 5.74) is 4.34. The highest BCUT2D eigenvalue weighted by atomic mass is 16.1. The highest BCUT2D eigenvalue weighted by molar-refractivity contribution is 6.02. The number of carbonyl (C=O) groups excluding carboxylic acids is 1. The van der Waals surface area contributed by atoms with Crippen LogP contribution in [0.1, 0.15) is 28.5 Å². The van der Waals surface area contributed by atoms with Crippen molar-refractivity contribution in [2.45, 2.75) is 19.8 Å². The van der Waals surface area contributed by atoms with Crippen molar-refractivity contribution in [1.29, 1.82) is 0 Å². The Kier molecular flexibility index (Phi) is 1.99. The quantitative estimate of drug-likeness (QED) is 0.749. The predicted octanol–water partition coefficient (Wildman–Crippen LogP) is 2.02. The molecule has 0 aliphatic carbocycles. The third-order valence-corrected chi connectivity index (χ3v) is 3.30. The van der Waals surface area contributed by atoms with Crippen molar-refractivity contribution >= 4 is 16.8 Å². The molecule has 2 N–H and O–H groups in total. The predicted molar refractivity (Wildman–Crippen MR) is 63.7 cm³/mol. The molecule has 1 aromatic carbocycles. The third-order valence-electron chi connectivity index (χ3n) is 3.30. The lowest BCUT2D eigenvalue weighted by molar-refractivity contribution is 0.0942. The summed E-state index contributed by atoms with van der Waals surface area (Å²) in [7, 11) is 0. The number of aryl methyl sites for hydroxylation is 1. The number of H-pyrrole nitrogens is 1. The number of benzene rings is 1. The smallest absolute Gasteiger partial charge is 0.268 e. The molecule has 16 heavy (non-hydrogen) atoms. The van der Waals surface area contributed by atoms with E-state index in [0.717, 1.165) is 30.6 Å². The minimum atomic E-state index is 0.0273. The number of para-hydroxylation sites is 1. The van der Waals surface area contributed by atoms with Crippen LogP contribution in [0.5, 0.6) is 0 Å². The van der Waals surface area contributed by atoms with Crippen molar-refractivity contribution < 1.29 is 4.79 Å². The SMILES string of the molecule is CCc1cccc2c3c([nH]c12)C(=O)NCC3. The van der Waals surface area contributed by atoms with Crippen LogP contribution in [0.3, 0.4) is 0 Å². The fourth-order valence-corrected chi connectivity index (χ4v) is 2.47. The van der Waals surface area contributed by atoms with E-state index in [4.69, 9.17) is 0 Å². The number of carbonyl (C=O) groups is 1. The molecule has 3 heteroatoms. The Bertz CT molecular complexity index is 569. The van der Waals surface area contributed by atoms with Gasteiger partial charge in [0, 0.05) is 17.4 Å². The van der Waals surface area contributed by atoms with Crippen LogP contribution in [0.4, 0.5) is 0 Å². The van der Waals surface area contributed by atoms with E-state index in [9.17, 15) is 4.79 Å². The van der Waals surface area contributed by atoms with Crippen molar-refractivity contribution in [2.24, 2.45) is 0 Å². The maximum absolute atomic E-state index is 11.7. The molecule has 0 saturated carbocycles. The Morgan fingerprint density at radius 2 is 2.25 bits per heavy atom. The molecule has 1 aliphatic heterocycles. The first-order chi connectivity index (χ1) is 7.81. The van der Waals surface area contributed by atoms with Gasteiger partial charge in [-0.25, -0.2) is 0 Å². The topological polar surface area (TPSA) is 44.9 Å². The first-order valence-electron chi connectivity index (χ1n) is 5.72. The number of aromatic nitrogens is 1. The van der Waals surface area contributed by atoms with E-state index in [0.29, 0.717) is 0 Å². The van der Waals surface area contributed by atoms with Crippen LogP contribution in [-0.4, -0.2) is 17.4 Å². The molecule has 1 amide bonds. The molecule has 2 aromatic rings. The molecule has 3 nitrogen and oxygen atoms in total. The fourth-order valence-electron chi connectivity index (χ4n) is 2.47. The fraction of sp³-hybridized carbons (Fsp3) is 0.308. The summed E-state index contributed by atoms with van der Waals surface area (Å²) < 4.78 is 0. The van der Waals surface area contributed by atoms with Crippen molar-refractivity contribution in [3.05, 3.63) is 35.0 Å². The Balaban J connectivity index is 2.35. The zero-order valence-electron chi connectivity index (χ0n) is 9.26. The normalized spacial score (nSPS) is 14.9. The van der Waals surface area contributed by atoms with Crippen LogP contribution in [0, 0.1) is 0 Å². The van der Waals surface area contributed by atoms with Gasteiger partial charge in [0.05, 0.1) is 0 Å². The van der Waals surface area contributed by atoms with Gasteiger partial charge in [0.15, 0.2) is 0 Å². The van der Waals surface area contributed by atoms with Gasteiger partial charge in [-0.15, -0.1) is 0 Å². The van der Waals surface area contributed by atoms with Gasteiger partial charge in [0.25, 0.3) is 5.91 Å².